The van der Waals surface area contributed by atoms with Crippen molar-refractivity contribution in [2.45, 2.75) is 6.92 Å². The van der Waals surface area contributed by atoms with Crippen LogP contribution in [0.25, 0.3) is 0 Å². The zero-order chi connectivity index (χ0) is 11.1. The number of fused-ring (bicyclic) bond motifs is 1. The molecule has 0 saturated heterocycles. The highest BCUT2D eigenvalue weighted by Gasteiger charge is 2.24. The third-order valence-electron chi connectivity index (χ3n) is 2.34. The number of benzene rings is 1. The molecule has 0 amide bonds. The molecule has 0 aromatic heterocycles. The van der Waals surface area contributed by atoms with Crippen molar-refractivity contribution in [1.82, 2.24) is 0 Å². The van der Waals surface area contributed by atoms with Crippen LogP contribution in [-0.4, -0.2) is 27.8 Å². The Morgan fingerprint density at radius 2 is 2.13 bits per heavy atom. The van der Waals surface area contributed by atoms with Gasteiger partial charge < -0.3 is 4.74 Å². The molecule has 0 saturated carbocycles. The summed E-state index contributed by atoms with van der Waals surface area (Å²) >= 11 is 0. The van der Waals surface area contributed by atoms with Crippen molar-refractivity contribution >= 4 is 15.7 Å². The lowest BCUT2D eigenvalue weighted by molar-refractivity contribution is 0.316. The Balaban J connectivity index is 2.52. The van der Waals surface area contributed by atoms with E-state index in [-0.39, 0.29) is 0 Å². The largest absolute Gasteiger partial charge is 0.489 e. The van der Waals surface area contributed by atoms with Gasteiger partial charge in [0.1, 0.15) is 12.4 Å². The van der Waals surface area contributed by atoms with Crippen LogP contribution in [0.4, 0.5) is 5.69 Å². The molecule has 5 heteroatoms. The number of nitrogens with zero attached hydrogens (tertiary/aromatic N) is 1. The number of rotatable bonds is 1. The molecule has 0 bridgehead atoms. The van der Waals surface area contributed by atoms with Gasteiger partial charge in [-0.25, -0.2) is 8.42 Å². The predicted molar refractivity (Wildman–Crippen MR) is 58.9 cm³/mol. The Labute approximate surface area is 89.5 Å². The summed E-state index contributed by atoms with van der Waals surface area (Å²) in [6.45, 7) is 2.74. The average Bonchev–Trinajstić information content (AvgIpc) is 2.15. The van der Waals surface area contributed by atoms with Crippen LogP contribution in [0.15, 0.2) is 18.2 Å². The minimum absolute atomic E-state index is 0.384. The Morgan fingerprint density at radius 3 is 2.80 bits per heavy atom. The van der Waals surface area contributed by atoms with Crippen molar-refractivity contribution in [2.75, 3.05) is 23.7 Å². The number of ether oxygens (including phenoxy) is 1. The highest BCUT2D eigenvalue weighted by molar-refractivity contribution is 7.92. The van der Waals surface area contributed by atoms with Crippen molar-refractivity contribution in [1.29, 1.82) is 0 Å². The van der Waals surface area contributed by atoms with Gasteiger partial charge in [-0.3, -0.25) is 4.31 Å². The lowest BCUT2D eigenvalue weighted by atomic mass is 10.2. The third kappa shape index (κ3) is 1.92. The maximum absolute atomic E-state index is 11.5. The summed E-state index contributed by atoms with van der Waals surface area (Å²) in [4.78, 5) is 0. The van der Waals surface area contributed by atoms with Gasteiger partial charge in [0, 0.05) is 0 Å². The summed E-state index contributed by atoms with van der Waals surface area (Å²) in [6, 6.07) is 5.52. The van der Waals surface area contributed by atoms with Crippen LogP contribution in [0.3, 0.4) is 0 Å². The fourth-order valence-electron chi connectivity index (χ4n) is 1.65. The quantitative estimate of drug-likeness (QED) is 0.723. The third-order valence-corrected chi connectivity index (χ3v) is 3.52. The van der Waals surface area contributed by atoms with Crippen molar-refractivity contribution in [3.8, 4) is 5.75 Å². The fourth-order valence-corrected chi connectivity index (χ4v) is 2.56. The molecule has 1 heterocycles. The first-order valence-electron chi connectivity index (χ1n) is 4.69. The second-order valence-electron chi connectivity index (χ2n) is 3.65. The fraction of sp³-hybridized carbons (Fsp3) is 0.400. The van der Waals surface area contributed by atoms with Gasteiger partial charge in [0.2, 0.25) is 10.0 Å². The second-order valence-corrected chi connectivity index (χ2v) is 5.56. The van der Waals surface area contributed by atoms with E-state index in [1.165, 1.54) is 10.6 Å². The van der Waals surface area contributed by atoms with Crippen LogP contribution in [0.5, 0.6) is 5.75 Å². The summed E-state index contributed by atoms with van der Waals surface area (Å²) in [7, 11) is -3.20. The standard InChI is InChI=1S/C10H13NO3S/c1-8-3-4-9-10(7-8)14-6-5-11(9)15(2,12)13/h3-4,7H,5-6H2,1-2H3. The number of hydrogen-bond donors (Lipinski definition) is 0. The zero-order valence-electron chi connectivity index (χ0n) is 8.73. The highest BCUT2D eigenvalue weighted by atomic mass is 32.2. The molecule has 1 aliphatic heterocycles. The Bertz CT molecular complexity index is 481. The predicted octanol–water partition coefficient (Wildman–Crippen LogP) is 1.15. The van der Waals surface area contributed by atoms with Crippen LogP contribution in [0.2, 0.25) is 0 Å². The number of sulfonamides is 1. The monoisotopic (exact) mass is 227 g/mol. The SMILES string of the molecule is Cc1ccc2c(c1)OCCN2S(C)(=O)=O. The summed E-state index contributed by atoms with van der Waals surface area (Å²) in [6.07, 6.45) is 1.21. The van der Waals surface area contributed by atoms with Crippen molar-refractivity contribution < 1.29 is 13.2 Å². The minimum atomic E-state index is -3.20. The van der Waals surface area contributed by atoms with E-state index >= 15 is 0 Å². The lowest BCUT2D eigenvalue weighted by Gasteiger charge is -2.29. The van der Waals surface area contributed by atoms with Crippen LogP contribution in [0, 0.1) is 6.92 Å². The van der Waals surface area contributed by atoms with Gasteiger partial charge in [0.25, 0.3) is 0 Å². The van der Waals surface area contributed by atoms with E-state index < -0.39 is 10.0 Å². The molecule has 4 nitrogen and oxygen atoms in total. The van der Waals surface area contributed by atoms with Gasteiger partial charge in [-0.2, -0.15) is 0 Å². The van der Waals surface area contributed by atoms with Crippen LogP contribution in [-0.2, 0) is 10.0 Å². The average molecular weight is 227 g/mol. The van der Waals surface area contributed by atoms with Gasteiger partial charge in [-0.1, -0.05) is 6.07 Å². The molecule has 1 aromatic carbocycles. The zero-order valence-corrected chi connectivity index (χ0v) is 9.54. The molecule has 0 unspecified atom stereocenters. The van der Waals surface area contributed by atoms with E-state index in [2.05, 4.69) is 0 Å². The number of anilines is 1. The maximum atomic E-state index is 11.5. The molecule has 1 aromatic rings. The molecule has 0 N–H and O–H groups in total. The molecule has 0 radical (unpaired) electrons. The molecular weight excluding hydrogens is 214 g/mol. The van der Waals surface area contributed by atoms with Gasteiger partial charge in [0.15, 0.2) is 0 Å². The van der Waals surface area contributed by atoms with Crippen molar-refractivity contribution in [3.05, 3.63) is 23.8 Å². The highest BCUT2D eigenvalue weighted by Crippen LogP contribution is 2.33. The first-order chi connectivity index (χ1) is 6.98. The van der Waals surface area contributed by atoms with E-state index in [9.17, 15) is 8.42 Å². The van der Waals surface area contributed by atoms with Crippen LogP contribution < -0.4 is 9.04 Å². The lowest BCUT2D eigenvalue weighted by Crippen LogP contribution is -2.37. The van der Waals surface area contributed by atoms with Gasteiger partial charge in [-0.05, 0) is 24.6 Å². The van der Waals surface area contributed by atoms with Crippen LogP contribution in [0.1, 0.15) is 5.56 Å². The summed E-state index contributed by atoms with van der Waals surface area (Å²) in [5.41, 5.74) is 1.69. The van der Waals surface area contributed by atoms with Gasteiger partial charge in [0.05, 0.1) is 18.5 Å². The molecule has 1 aliphatic rings. The first-order valence-corrected chi connectivity index (χ1v) is 6.54. The molecule has 0 aliphatic carbocycles. The maximum Gasteiger partial charge on any atom is 0.232 e. The molecule has 0 spiro atoms. The van der Waals surface area contributed by atoms with E-state index in [1.54, 1.807) is 6.07 Å². The van der Waals surface area contributed by atoms with E-state index in [0.717, 1.165) is 5.56 Å². The molecular formula is C10H13NO3S. The number of hydrogen-bond acceptors (Lipinski definition) is 3. The normalized spacial score (nSPS) is 15.7. The summed E-state index contributed by atoms with van der Waals surface area (Å²) < 4.78 is 29.8. The summed E-state index contributed by atoms with van der Waals surface area (Å²) in [5.74, 6) is 0.645. The van der Waals surface area contributed by atoms with E-state index in [0.29, 0.717) is 24.6 Å². The van der Waals surface area contributed by atoms with Crippen molar-refractivity contribution in [2.24, 2.45) is 0 Å². The minimum Gasteiger partial charge on any atom is -0.489 e. The molecule has 82 valence electrons. The number of aryl methyl sites for hydroxylation is 1. The first kappa shape index (κ1) is 10.3. The van der Waals surface area contributed by atoms with Crippen molar-refractivity contribution in [3.63, 3.8) is 0 Å². The Kier molecular flexibility index (Phi) is 2.34. The molecule has 2 rings (SSSR count). The van der Waals surface area contributed by atoms with E-state index in [4.69, 9.17) is 4.74 Å². The van der Waals surface area contributed by atoms with E-state index in [1.807, 2.05) is 19.1 Å². The van der Waals surface area contributed by atoms with Gasteiger partial charge >= 0.3 is 0 Å². The van der Waals surface area contributed by atoms with Gasteiger partial charge in [-0.15, -0.1) is 0 Å². The Morgan fingerprint density at radius 1 is 1.40 bits per heavy atom. The molecule has 0 atom stereocenters. The topological polar surface area (TPSA) is 46.6 Å². The smallest absolute Gasteiger partial charge is 0.232 e. The Hall–Kier alpha value is -1.23. The summed E-state index contributed by atoms with van der Waals surface area (Å²) in [5, 5.41) is 0. The second kappa shape index (κ2) is 3.41. The molecule has 0 fully saturated rings. The molecule has 15 heavy (non-hydrogen) atoms. The van der Waals surface area contributed by atoms with Crippen LogP contribution >= 0.6 is 0 Å².